The number of benzene rings is 1. The molecule has 31 heavy (non-hydrogen) atoms. The lowest BCUT2D eigenvalue weighted by Gasteiger charge is -2.37. The molecular formula is C25H31N3O3. The molecule has 1 fully saturated rings. The van der Waals surface area contributed by atoms with Crippen molar-refractivity contribution in [3.05, 3.63) is 66.3 Å². The number of hydrogen-bond acceptors (Lipinski definition) is 6. The summed E-state index contributed by atoms with van der Waals surface area (Å²) in [7, 11) is 1.66. The zero-order chi connectivity index (χ0) is 21.5. The number of likely N-dealkylation sites (tertiary alicyclic amines) is 1. The Morgan fingerprint density at radius 1 is 1.32 bits per heavy atom. The summed E-state index contributed by atoms with van der Waals surface area (Å²) in [6.07, 6.45) is 10.5. The van der Waals surface area contributed by atoms with E-state index in [1.165, 1.54) is 12.8 Å². The fourth-order valence-corrected chi connectivity index (χ4v) is 4.31. The maximum atomic E-state index is 11.1. The van der Waals surface area contributed by atoms with Crippen LogP contribution in [-0.2, 0) is 0 Å². The first-order valence-electron chi connectivity index (χ1n) is 11.0. The maximum absolute atomic E-state index is 11.1. The van der Waals surface area contributed by atoms with Crippen LogP contribution in [0.25, 0.3) is 17.0 Å². The Hall–Kier alpha value is -2.67. The van der Waals surface area contributed by atoms with E-state index in [0.29, 0.717) is 12.6 Å². The molecule has 0 bridgehead atoms. The van der Waals surface area contributed by atoms with E-state index in [9.17, 15) is 5.11 Å². The van der Waals surface area contributed by atoms with E-state index < -0.39 is 6.10 Å². The Morgan fingerprint density at radius 3 is 3.10 bits per heavy atom. The van der Waals surface area contributed by atoms with E-state index in [4.69, 9.17) is 9.15 Å². The number of nitrogens with zero attached hydrogens (tertiary/aromatic N) is 2. The highest BCUT2D eigenvalue weighted by molar-refractivity contribution is 5.83. The number of rotatable bonds is 9. The first kappa shape index (κ1) is 21.6. The van der Waals surface area contributed by atoms with Gasteiger partial charge in [0.1, 0.15) is 11.5 Å². The van der Waals surface area contributed by atoms with Crippen molar-refractivity contribution in [1.29, 1.82) is 0 Å². The fourth-order valence-electron chi connectivity index (χ4n) is 4.31. The van der Waals surface area contributed by atoms with E-state index in [1.54, 1.807) is 19.6 Å². The van der Waals surface area contributed by atoms with Crippen molar-refractivity contribution < 1.29 is 14.3 Å². The molecule has 1 aromatic carbocycles. The molecule has 1 aliphatic rings. The third-order valence-corrected chi connectivity index (χ3v) is 5.97. The SMILES string of the molecule is COc1ccc2nccc(C(O)CN3CCCCC3CNCC=Cc3ccco3)c2c1. The van der Waals surface area contributed by atoms with Crippen LogP contribution >= 0.6 is 0 Å². The number of aromatic nitrogens is 1. The summed E-state index contributed by atoms with van der Waals surface area (Å²) in [5.41, 5.74) is 1.78. The second-order valence-electron chi connectivity index (χ2n) is 8.02. The molecule has 2 atom stereocenters. The van der Waals surface area contributed by atoms with Gasteiger partial charge in [-0.25, -0.2) is 0 Å². The van der Waals surface area contributed by atoms with Gasteiger partial charge in [-0.1, -0.05) is 12.5 Å². The molecule has 4 rings (SSSR count). The van der Waals surface area contributed by atoms with Crippen LogP contribution in [0.1, 0.15) is 36.7 Å². The Morgan fingerprint density at radius 2 is 2.26 bits per heavy atom. The van der Waals surface area contributed by atoms with Crippen LogP contribution in [0.4, 0.5) is 0 Å². The van der Waals surface area contributed by atoms with Crippen LogP contribution in [0.15, 0.2) is 59.4 Å². The number of fused-ring (bicyclic) bond motifs is 1. The standard InChI is InChI=1S/C25H31N3O3/c1-30-21-9-10-24-23(16-21)22(11-13-27-24)25(29)18-28-14-3-2-6-19(28)17-26-12-4-7-20-8-5-15-31-20/h4-5,7-11,13,15-16,19,25-26,29H,2-3,6,12,14,17-18H2,1H3. The highest BCUT2D eigenvalue weighted by Crippen LogP contribution is 2.28. The molecule has 2 N–H and O–H groups in total. The summed E-state index contributed by atoms with van der Waals surface area (Å²) < 4.78 is 10.7. The Labute approximate surface area is 183 Å². The maximum Gasteiger partial charge on any atom is 0.126 e. The molecule has 0 amide bonds. The molecule has 1 saturated heterocycles. The third kappa shape index (κ3) is 5.53. The molecule has 0 aliphatic carbocycles. The molecule has 2 aromatic heterocycles. The normalized spacial score (nSPS) is 18.6. The summed E-state index contributed by atoms with van der Waals surface area (Å²) in [6, 6.07) is 12.0. The van der Waals surface area contributed by atoms with E-state index in [-0.39, 0.29) is 0 Å². The van der Waals surface area contributed by atoms with Gasteiger partial charge in [-0.15, -0.1) is 0 Å². The topological polar surface area (TPSA) is 70.8 Å². The van der Waals surface area contributed by atoms with Crippen LogP contribution in [0.2, 0.25) is 0 Å². The number of piperidine rings is 1. The summed E-state index contributed by atoms with van der Waals surface area (Å²) >= 11 is 0. The number of aliphatic hydroxyl groups is 1. The van der Waals surface area contributed by atoms with Crippen molar-refractivity contribution in [3.8, 4) is 5.75 Å². The van der Waals surface area contributed by atoms with Crippen LogP contribution in [0.3, 0.4) is 0 Å². The zero-order valence-corrected chi connectivity index (χ0v) is 18.0. The summed E-state index contributed by atoms with van der Waals surface area (Å²) in [6.45, 7) is 3.32. The minimum atomic E-state index is -0.572. The van der Waals surface area contributed by atoms with Crippen molar-refractivity contribution in [2.45, 2.75) is 31.4 Å². The third-order valence-electron chi connectivity index (χ3n) is 5.97. The van der Waals surface area contributed by atoms with Crippen LogP contribution in [0.5, 0.6) is 5.75 Å². The van der Waals surface area contributed by atoms with Gasteiger partial charge in [-0.3, -0.25) is 9.88 Å². The summed E-state index contributed by atoms with van der Waals surface area (Å²) in [5, 5.41) is 15.6. The largest absolute Gasteiger partial charge is 0.497 e. The first-order valence-corrected chi connectivity index (χ1v) is 11.0. The number of methoxy groups -OCH3 is 1. The monoisotopic (exact) mass is 421 g/mol. The van der Waals surface area contributed by atoms with Crippen LogP contribution in [0, 0.1) is 0 Å². The molecule has 164 valence electrons. The molecule has 6 nitrogen and oxygen atoms in total. The van der Waals surface area contributed by atoms with E-state index in [2.05, 4.69) is 21.3 Å². The second kappa shape index (κ2) is 10.6. The number of pyridine rings is 1. The van der Waals surface area contributed by atoms with Gasteiger partial charge in [-0.05, 0) is 67.4 Å². The molecule has 2 unspecified atom stereocenters. The Kier molecular flexibility index (Phi) is 7.35. The minimum Gasteiger partial charge on any atom is -0.497 e. The highest BCUT2D eigenvalue weighted by Gasteiger charge is 2.25. The molecule has 3 heterocycles. The molecule has 0 radical (unpaired) electrons. The lowest BCUT2D eigenvalue weighted by atomic mass is 9.99. The second-order valence-corrected chi connectivity index (χ2v) is 8.02. The zero-order valence-electron chi connectivity index (χ0n) is 18.0. The molecule has 6 heteroatoms. The number of furan rings is 1. The molecule has 1 aliphatic heterocycles. The number of hydrogen-bond donors (Lipinski definition) is 2. The van der Waals surface area contributed by atoms with Crippen molar-refractivity contribution in [3.63, 3.8) is 0 Å². The predicted molar refractivity (Wildman–Crippen MR) is 123 cm³/mol. The number of β-amino-alcohol motifs (C(OH)–C–C–N with tert-alkyl or cyclic N) is 1. The molecule has 0 saturated carbocycles. The van der Waals surface area contributed by atoms with Crippen LogP contribution in [-0.4, -0.2) is 54.3 Å². The summed E-state index contributed by atoms with van der Waals surface area (Å²) in [4.78, 5) is 6.85. The highest BCUT2D eigenvalue weighted by atomic mass is 16.5. The van der Waals surface area contributed by atoms with E-state index in [1.807, 2.05) is 42.5 Å². The van der Waals surface area contributed by atoms with Gasteiger partial charge in [0.25, 0.3) is 0 Å². The lowest BCUT2D eigenvalue weighted by molar-refractivity contribution is 0.0678. The fraction of sp³-hybridized carbons (Fsp3) is 0.400. The van der Waals surface area contributed by atoms with Gasteiger partial charge >= 0.3 is 0 Å². The van der Waals surface area contributed by atoms with Gasteiger partial charge in [0.05, 0.1) is 25.0 Å². The Bertz CT molecular complexity index is 987. The molecular weight excluding hydrogens is 390 g/mol. The van der Waals surface area contributed by atoms with Gasteiger partial charge in [0.2, 0.25) is 0 Å². The van der Waals surface area contributed by atoms with E-state index >= 15 is 0 Å². The minimum absolute atomic E-state index is 0.419. The van der Waals surface area contributed by atoms with Crippen molar-refractivity contribution >= 4 is 17.0 Å². The Balaban J connectivity index is 1.38. The predicted octanol–water partition coefficient (Wildman–Crippen LogP) is 4.03. The number of ether oxygens (including phenoxy) is 1. The molecule has 0 spiro atoms. The van der Waals surface area contributed by atoms with Gasteiger partial charge in [0.15, 0.2) is 0 Å². The van der Waals surface area contributed by atoms with Crippen molar-refractivity contribution in [2.24, 2.45) is 0 Å². The summed E-state index contributed by atoms with van der Waals surface area (Å²) in [5.74, 6) is 1.64. The first-order chi connectivity index (χ1) is 15.2. The van der Waals surface area contributed by atoms with Crippen LogP contribution < -0.4 is 10.1 Å². The van der Waals surface area contributed by atoms with Crippen molar-refractivity contribution in [2.75, 3.05) is 33.3 Å². The van der Waals surface area contributed by atoms with Gasteiger partial charge in [0, 0.05) is 37.3 Å². The average molecular weight is 422 g/mol. The lowest BCUT2D eigenvalue weighted by Crippen LogP contribution is -2.47. The van der Waals surface area contributed by atoms with E-state index in [0.717, 1.165) is 54.0 Å². The average Bonchev–Trinajstić information content (AvgIpc) is 3.32. The molecule has 3 aromatic rings. The van der Waals surface area contributed by atoms with Gasteiger partial charge in [-0.2, -0.15) is 0 Å². The smallest absolute Gasteiger partial charge is 0.126 e. The quantitative estimate of drug-likeness (QED) is 0.509. The van der Waals surface area contributed by atoms with Gasteiger partial charge < -0.3 is 19.6 Å². The van der Waals surface area contributed by atoms with Crippen molar-refractivity contribution in [1.82, 2.24) is 15.2 Å². The number of aliphatic hydroxyl groups excluding tert-OH is 1. The number of nitrogens with one attached hydrogen (secondary N) is 1.